The van der Waals surface area contributed by atoms with Crippen LogP contribution in [0.5, 0.6) is 0 Å². The molecule has 4 heterocycles. The van der Waals surface area contributed by atoms with E-state index in [0.29, 0.717) is 33.4 Å². The summed E-state index contributed by atoms with van der Waals surface area (Å²) in [5, 5.41) is 14.3. The molecule has 330 valence electrons. The van der Waals surface area contributed by atoms with E-state index in [1.807, 2.05) is 179 Å². The molecule has 0 radical (unpaired) electrons. The summed E-state index contributed by atoms with van der Waals surface area (Å²) in [6, 6.07) is 68.5. The minimum absolute atomic E-state index is 0.144. The fourth-order valence-corrected chi connectivity index (χ4v) is 9.93. The van der Waals surface area contributed by atoms with Gasteiger partial charge in [0.2, 0.25) is 0 Å². The second kappa shape index (κ2) is 16.6. The Morgan fingerprint density at radius 1 is 0.429 bits per heavy atom. The normalized spacial score (nSPS) is 11.6. The first-order valence-corrected chi connectivity index (χ1v) is 22.6. The molecular weight excluding hydrogens is 874 g/mol. The van der Waals surface area contributed by atoms with Gasteiger partial charge in [-0.3, -0.25) is 0 Å². The van der Waals surface area contributed by atoms with Crippen LogP contribution in [-0.2, 0) is 6.18 Å². The summed E-state index contributed by atoms with van der Waals surface area (Å²) in [4.78, 5) is 13.8. The predicted molar refractivity (Wildman–Crippen MR) is 274 cm³/mol. The van der Waals surface area contributed by atoms with E-state index >= 15 is 13.2 Å². The number of halogens is 3. The number of rotatable bonds is 7. The van der Waals surface area contributed by atoms with Crippen LogP contribution in [0.25, 0.3) is 116 Å². The highest BCUT2D eigenvalue weighted by Gasteiger charge is 2.37. The van der Waals surface area contributed by atoms with Gasteiger partial charge in [-0.2, -0.15) is 18.4 Å². The number of nitriles is 1. The van der Waals surface area contributed by atoms with Crippen molar-refractivity contribution in [1.82, 2.24) is 19.1 Å². The van der Waals surface area contributed by atoms with Crippen molar-refractivity contribution < 1.29 is 13.2 Å². The zero-order valence-corrected chi connectivity index (χ0v) is 37.0. The van der Waals surface area contributed by atoms with Gasteiger partial charge in [0.25, 0.3) is 0 Å². The number of alkyl halides is 3. The summed E-state index contributed by atoms with van der Waals surface area (Å²) in [6.45, 7) is 8.36. The summed E-state index contributed by atoms with van der Waals surface area (Å²) in [6.07, 6.45) is -4.85. The van der Waals surface area contributed by atoms with Crippen LogP contribution in [0.3, 0.4) is 0 Å². The number of hydrogen-bond acceptors (Lipinski definition) is 3. The van der Waals surface area contributed by atoms with Gasteiger partial charge in [-0.25, -0.2) is 14.8 Å². The van der Waals surface area contributed by atoms with Crippen LogP contribution in [0.1, 0.15) is 11.1 Å². The average Bonchev–Trinajstić information content (AvgIpc) is 3.92. The van der Waals surface area contributed by atoms with E-state index in [0.717, 1.165) is 72.6 Å². The lowest BCUT2D eigenvalue weighted by Gasteiger charge is -2.24. The first-order chi connectivity index (χ1) is 34.3. The smallest absolute Gasteiger partial charge is 0.309 e. The van der Waals surface area contributed by atoms with E-state index in [2.05, 4.69) is 23.0 Å². The first kappa shape index (κ1) is 41.8. The van der Waals surface area contributed by atoms with Gasteiger partial charge < -0.3 is 9.13 Å². The number of para-hydroxylation sites is 2. The Hall–Kier alpha value is -9.57. The zero-order chi connectivity index (χ0) is 47.5. The molecule has 0 aliphatic rings. The van der Waals surface area contributed by atoms with Crippen LogP contribution < -0.4 is 0 Å². The molecule has 0 amide bonds. The van der Waals surface area contributed by atoms with Crippen molar-refractivity contribution in [2.75, 3.05) is 0 Å². The van der Waals surface area contributed by atoms with Gasteiger partial charge in [0, 0.05) is 54.9 Å². The molecule has 0 bridgehead atoms. The second-order valence-electron chi connectivity index (χ2n) is 17.0. The molecule has 0 aliphatic carbocycles. The predicted octanol–water partition coefficient (Wildman–Crippen LogP) is 16.4. The summed E-state index contributed by atoms with van der Waals surface area (Å²) in [5.41, 5.74) is 9.16. The van der Waals surface area contributed by atoms with Crippen molar-refractivity contribution >= 4 is 49.3 Å². The van der Waals surface area contributed by atoms with Crippen molar-refractivity contribution in [3.8, 4) is 73.6 Å². The van der Waals surface area contributed by atoms with E-state index in [-0.39, 0.29) is 22.4 Å². The first-order valence-electron chi connectivity index (χ1n) is 22.6. The van der Waals surface area contributed by atoms with Crippen molar-refractivity contribution in [3.05, 3.63) is 235 Å². The Kier molecular flexibility index (Phi) is 9.94. The van der Waals surface area contributed by atoms with Crippen LogP contribution in [-0.4, -0.2) is 19.1 Å². The topological polar surface area (TPSA) is 63.8 Å². The van der Waals surface area contributed by atoms with Crippen LogP contribution in [0.2, 0.25) is 0 Å². The maximum atomic E-state index is 15.7. The summed E-state index contributed by atoms with van der Waals surface area (Å²) in [7, 11) is 0. The monoisotopic (exact) mass is 908 g/mol. The molecule has 0 spiro atoms. The maximum Gasteiger partial charge on any atom is 0.415 e. The van der Waals surface area contributed by atoms with Gasteiger partial charge in [-0.05, 0) is 72.8 Å². The second-order valence-corrected chi connectivity index (χ2v) is 17.0. The quantitative estimate of drug-likeness (QED) is 0.150. The van der Waals surface area contributed by atoms with E-state index in [4.69, 9.17) is 16.5 Å². The number of nitrogens with zero attached hydrogens (tertiary/aromatic N) is 6. The van der Waals surface area contributed by atoms with Crippen molar-refractivity contribution in [3.63, 3.8) is 0 Å². The molecule has 8 aromatic carbocycles. The minimum Gasteiger partial charge on any atom is -0.309 e. The third kappa shape index (κ3) is 6.96. The zero-order valence-electron chi connectivity index (χ0n) is 37.0. The van der Waals surface area contributed by atoms with E-state index in [9.17, 15) is 5.26 Å². The van der Waals surface area contributed by atoms with Crippen LogP contribution in [0.15, 0.2) is 212 Å². The Labute approximate surface area is 399 Å². The maximum absolute atomic E-state index is 15.7. The largest absolute Gasteiger partial charge is 0.415 e. The fourth-order valence-electron chi connectivity index (χ4n) is 9.93. The number of fused-ring (bicyclic) bond motifs is 6. The number of aromatic nitrogens is 4. The molecule has 0 saturated carbocycles. The molecule has 70 heavy (non-hydrogen) atoms. The van der Waals surface area contributed by atoms with E-state index in [1.54, 1.807) is 12.1 Å². The molecule has 6 nitrogen and oxygen atoms in total. The minimum atomic E-state index is -4.85. The Bertz CT molecular complexity index is 3920. The summed E-state index contributed by atoms with van der Waals surface area (Å²) >= 11 is 0. The van der Waals surface area contributed by atoms with E-state index < -0.39 is 11.7 Å². The highest BCUT2D eigenvalue weighted by molar-refractivity contribution is 6.13. The SMILES string of the molecule is [C-]#[N+]c1cccc(C(F)(F)F)c1-c1c(-n2c3ccccc3c3cc(-c4cccc(-c5ccccc5)n4)ccc32)cc(C#N)cc1-n1c2ccccc2c2cc(-c3cccc(-c4ccccc4)n3)ccc21. The van der Waals surface area contributed by atoms with Crippen LogP contribution >= 0.6 is 0 Å². The molecule has 12 aromatic rings. The third-order valence-electron chi connectivity index (χ3n) is 13.0. The highest BCUT2D eigenvalue weighted by atomic mass is 19.4. The third-order valence-corrected chi connectivity index (χ3v) is 13.0. The lowest BCUT2D eigenvalue weighted by Crippen LogP contribution is -2.11. The van der Waals surface area contributed by atoms with Gasteiger partial charge in [-0.1, -0.05) is 140 Å². The summed E-state index contributed by atoms with van der Waals surface area (Å²) in [5.74, 6) is 0. The Morgan fingerprint density at radius 2 is 0.857 bits per heavy atom. The standard InChI is InChI=1S/C61H35F3N6/c1-66-52-26-12-21-47(61(62,63)64)59(52)60-57(69-53-27-10-8-19-43(53)45-35-41(29-31-55(45)69)50-24-13-22-48(67-50)39-15-4-2-5-16-39)33-38(37-65)34-58(60)70-54-28-11-9-20-44(54)46-36-42(30-32-56(46)70)51-25-14-23-49(68-51)40-17-6-3-7-18-40/h2-36H. The van der Waals surface area contributed by atoms with Crippen LogP contribution in [0.4, 0.5) is 18.9 Å². The van der Waals surface area contributed by atoms with E-state index in [1.165, 1.54) is 12.1 Å². The Morgan fingerprint density at radius 3 is 1.31 bits per heavy atom. The summed E-state index contributed by atoms with van der Waals surface area (Å²) < 4.78 is 50.8. The fraction of sp³-hybridized carbons (Fsp3) is 0.0164. The average molecular weight is 909 g/mol. The number of hydrogen-bond donors (Lipinski definition) is 0. The molecule has 12 rings (SSSR count). The number of pyridine rings is 2. The van der Waals surface area contributed by atoms with Gasteiger partial charge in [-0.15, -0.1) is 0 Å². The molecule has 0 atom stereocenters. The lowest BCUT2D eigenvalue weighted by atomic mass is 9.92. The lowest BCUT2D eigenvalue weighted by molar-refractivity contribution is -0.137. The van der Waals surface area contributed by atoms with Crippen LogP contribution in [0, 0.1) is 17.9 Å². The molecule has 0 N–H and O–H groups in total. The van der Waals surface area contributed by atoms with Crippen molar-refractivity contribution in [2.45, 2.75) is 6.18 Å². The molecule has 0 unspecified atom stereocenters. The van der Waals surface area contributed by atoms with Gasteiger partial charge >= 0.3 is 6.18 Å². The molecule has 4 aromatic heterocycles. The molecule has 0 saturated heterocycles. The molecule has 0 fully saturated rings. The highest BCUT2D eigenvalue weighted by Crippen LogP contribution is 2.50. The molecular formula is C61H35F3N6. The van der Waals surface area contributed by atoms with Gasteiger partial charge in [0.1, 0.15) is 0 Å². The number of benzene rings is 8. The molecule has 9 heteroatoms. The molecule has 0 aliphatic heterocycles. The van der Waals surface area contributed by atoms with Gasteiger partial charge in [0.05, 0.1) is 80.0 Å². The van der Waals surface area contributed by atoms with Gasteiger partial charge in [0.15, 0.2) is 5.69 Å². The van der Waals surface area contributed by atoms with Crippen molar-refractivity contribution in [2.24, 2.45) is 0 Å². The van der Waals surface area contributed by atoms with Crippen molar-refractivity contribution in [1.29, 1.82) is 5.26 Å². The Balaban J connectivity index is 1.15.